The van der Waals surface area contributed by atoms with Gasteiger partial charge in [-0.25, -0.2) is 12.7 Å². The third kappa shape index (κ3) is 1.94. The van der Waals surface area contributed by atoms with E-state index < -0.39 is 10.0 Å². The fourth-order valence-corrected chi connectivity index (χ4v) is 3.45. The van der Waals surface area contributed by atoms with Gasteiger partial charge in [0.05, 0.1) is 6.26 Å². The van der Waals surface area contributed by atoms with E-state index in [4.69, 9.17) is 0 Å². The van der Waals surface area contributed by atoms with Gasteiger partial charge in [0.25, 0.3) is 0 Å². The minimum atomic E-state index is -2.99. The van der Waals surface area contributed by atoms with Crippen molar-refractivity contribution in [1.82, 2.24) is 9.62 Å². The third-order valence-electron chi connectivity index (χ3n) is 3.44. The van der Waals surface area contributed by atoms with E-state index in [1.807, 2.05) is 0 Å². The van der Waals surface area contributed by atoms with E-state index in [2.05, 4.69) is 12.2 Å². The van der Waals surface area contributed by atoms with Gasteiger partial charge < -0.3 is 5.32 Å². The second-order valence-corrected chi connectivity index (χ2v) is 6.62. The molecule has 82 valence electrons. The average Bonchev–Trinajstić information content (AvgIpc) is 2.10. The van der Waals surface area contributed by atoms with Gasteiger partial charge in [-0.3, -0.25) is 0 Å². The van der Waals surface area contributed by atoms with Crippen LogP contribution in [0.15, 0.2) is 0 Å². The van der Waals surface area contributed by atoms with Crippen LogP contribution in [-0.2, 0) is 10.0 Å². The molecule has 0 radical (unpaired) electrons. The molecule has 0 aliphatic carbocycles. The van der Waals surface area contributed by atoms with Crippen molar-refractivity contribution in [2.75, 3.05) is 25.9 Å². The summed E-state index contributed by atoms with van der Waals surface area (Å²) < 4.78 is 24.5. The number of sulfonamides is 1. The highest BCUT2D eigenvalue weighted by Gasteiger charge is 2.37. The Morgan fingerprint density at radius 3 is 2.71 bits per heavy atom. The predicted octanol–water partition coefficient (Wildman–Crippen LogP) is -0.124. The molecule has 0 spiro atoms. The highest BCUT2D eigenvalue weighted by molar-refractivity contribution is 7.88. The fourth-order valence-electron chi connectivity index (χ4n) is 2.50. The van der Waals surface area contributed by atoms with Gasteiger partial charge >= 0.3 is 0 Å². The molecule has 3 atom stereocenters. The molecule has 2 rings (SSSR count). The molecule has 14 heavy (non-hydrogen) atoms. The molecule has 2 heterocycles. The second-order valence-electron chi connectivity index (χ2n) is 4.64. The quantitative estimate of drug-likeness (QED) is 0.667. The summed E-state index contributed by atoms with van der Waals surface area (Å²) >= 11 is 0. The average molecular weight is 218 g/mol. The van der Waals surface area contributed by atoms with Crippen molar-refractivity contribution >= 4 is 10.0 Å². The first-order valence-corrected chi connectivity index (χ1v) is 7.00. The van der Waals surface area contributed by atoms with E-state index in [0.29, 0.717) is 31.0 Å². The molecule has 1 N–H and O–H groups in total. The SMILES string of the molecule is C[C@H]1NC[C@@H]2C[C@@H]1CN(S(C)(=O)=O)C2. The van der Waals surface area contributed by atoms with Crippen molar-refractivity contribution < 1.29 is 8.42 Å². The molecule has 2 aliphatic rings. The van der Waals surface area contributed by atoms with E-state index >= 15 is 0 Å². The molecule has 0 saturated carbocycles. The van der Waals surface area contributed by atoms with Crippen LogP contribution in [0, 0.1) is 11.8 Å². The van der Waals surface area contributed by atoms with Crippen LogP contribution < -0.4 is 5.32 Å². The second kappa shape index (κ2) is 3.47. The van der Waals surface area contributed by atoms with Gasteiger partial charge in [0.1, 0.15) is 0 Å². The topological polar surface area (TPSA) is 49.4 Å². The minimum absolute atomic E-state index is 0.454. The van der Waals surface area contributed by atoms with Gasteiger partial charge in [-0.2, -0.15) is 0 Å². The lowest BCUT2D eigenvalue weighted by Gasteiger charge is -2.43. The van der Waals surface area contributed by atoms with Crippen LogP contribution in [0.5, 0.6) is 0 Å². The molecular weight excluding hydrogens is 200 g/mol. The smallest absolute Gasteiger partial charge is 0.211 e. The predicted molar refractivity (Wildman–Crippen MR) is 55.5 cm³/mol. The Balaban J connectivity index is 2.13. The van der Waals surface area contributed by atoms with Crippen LogP contribution in [0.1, 0.15) is 13.3 Å². The maximum absolute atomic E-state index is 11.4. The first-order chi connectivity index (χ1) is 6.47. The van der Waals surface area contributed by atoms with Crippen LogP contribution in [0.3, 0.4) is 0 Å². The molecule has 2 fully saturated rings. The summed E-state index contributed by atoms with van der Waals surface area (Å²) in [4.78, 5) is 0. The van der Waals surface area contributed by atoms with Crippen LogP contribution in [-0.4, -0.2) is 44.7 Å². The van der Waals surface area contributed by atoms with Crippen LogP contribution in [0.4, 0.5) is 0 Å². The molecule has 0 aromatic heterocycles. The Labute approximate surface area is 85.7 Å². The number of fused-ring (bicyclic) bond motifs is 2. The number of rotatable bonds is 1. The lowest BCUT2D eigenvalue weighted by molar-refractivity contribution is 0.125. The van der Waals surface area contributed by atoms with Gasteiger partial charge in [-0.1, -0.05) is 0 Å². The zero-order valence-corrected chi connectivity index (χ0v) is 9.55. The van der Waals surface area contributed by atoms with E-state index in [9.17, 15) is 8.42 Å². The van der Waals surface area contributed by atoms with E-state index in [-0.39, 0.29) is 0 Å². The van der Waals surface area contributed by atoms with Crippen molar-refractivity contribution in [1.29, 1.82) is 0 Å². The lowest BCUT2D eigenvalue weighted by Crippen LogP contribution is -2.56. The first-order valence-electron chi connectivity index (χ1n) is 5.15. The van der Waals surface area contributed by atoms with Crippen molar-refractivity contribution in [3.05, 3.63) is 0 Å². The van der Waals surface area contributed by atoms with E-state index in [1.165, 1.54) is 12.7 Å². The van der Waals surface area contributed by atoms with E-state index in [1.54, 1.807) is 4.31 Å². The van der Waals surface area contributed by atoms with Gasteiger partial charge in [-0.15, -0.1) is 0 Å². The first kappa shape index (κ1) is 10.4. The summed E-state index contributed by atoms with van der Waals surface area (Å²) in [5.74, 6) is 1.01. The molecule has 2 bridgehead atoms. The fraction of sp³-hybridized carbons (Fsp3) is 1.00. The summed E-state index contributed by atoms with van der Waals surface area (Å²) in [7, 11) is -2.99. The number of piperidine rings is 2. The minimum Gasteiger partial charge on any atom is -0.314 e. The van der Waals surface area contributed by atoms with Gasteiger partial charge in [0.15, 0.2) is 0 Å². The highest BCUT2D eigenvalue weighted by atomic mass is 32.2. The van der Waals surface area contributed by atoms with Crippen molar-refractivity contribution in [2.45, 2.75) is 19.4 Å². The molecule has 0 amide bonds. The van der Waals surface area contributed by atoms with Crippen molar-refractivity contribution in [2.24, 2.45) is 11.8 Å². The lowest BCUT2D eigenvalue weighted by atomic mass is 9.82. The Hall–Kier alpha value is -0.130. The normalized spacial score (nSPS) is 39.7. The summed E-state index contributed by atoms with van der Waals surface area (Å²) in [6, 6.07) is 0.454. The zero-order chi connectivity index (χ0) is 10.3. The van der Waals surface area contributed by atoms with E-state index in [0.717, 1.165) is 6.54 Å². The molecule has 2 aliphatic heterocycles. The molecular formula is C9H18N2O2S. The number of hydrogen-bond acceptors (Lipinski definition) is 3. The van der Waals surface area contributed by atoms with Gasteiger partial charge in [0, 0.05) is 19.1 Å². The van der Waals surface area contributed by atoms with Crippen LogP contribution in [0.2, 0.25) is 0 Å². The maximum Gasteiger partial charge on any atom is 0.211 e. The summed E-state index contributed by atoms with van der Waals surface area (Å²) in [5.41, 5.74) is 0. The summed E-state index contributed by atoms with van der Waals surface area (Å²) in [5, 5.41) is 3.43. The number of hydrogen-bond donors (Lipinski definition) is 1. The third-order valence-corrected chi connectivity index (χ3v) is 4.68. The Morgan fingerprint density at radius 2 is 2.07 bits per heavy atom. The van der Waals surface area contributed by atoms with Crippen LogP contribution in [0.25, 0.3) is 0 Å². The Kier molecular flexibility index (Phi) is 2.57. The van der Waals surface area contributed by atoms with Crippen molar-refractivity contribution in [3.8, 4) is 0 Å². The zero-order valence-electron chi connectivity index (χ0n) is 8.73. The number of nitrogens with zero attached hydrogens (tertiary/aromatic N) is 1. The van der Waals surface area contributed by atoms with Gasteiger partial charge in [-0.05, 0) is 31.7 Å². The standard InChI is InChI=1S/C9H18N2O2S/c1-7-9-3-8(4-10-7)5-11(6-9)14(2,12)13/h7-10H,3-6H2,1-2H3/t7-,8+,9-/m1/s1. The Bertz CT molecular complexity index is 315. The molecule has 2 saturated heterocycles. The van der Waals surface area contributed by atoms with Gasteiger partial charge in [0.2, 0.25) is 10.0 Å². The van der Waals surface area contributed by atoms with Crippen molar-refractivity contribution in [3.63, 3.8) is 0 Å². The maximum atomic E-state index is 11.4. The summed E-state index contributed by atoms with van der Waals surface area (Å²) in [6.45, 7) is 4.51. The number of nitrogens with one attached hydrogen (secondary N) is 1. The van der Waals surface area contributed by atoms with Crippen LogP contribution >= 0.6 is 0 Å². The molecule has 0 unspecified atom stereocenters. The largest absolute Gasteiger partial charge is 0.314 e. The highest BCUT2D eigenvalue weighted by Crippen LogP contribution is 2.29. The summed E-state index contributed by atoms with van der Waals surface area (Å²) in [6.07, 6.45) is 2.49. The Morgan fingerprint density at radius 1 is 1.36 bits per heavy atom. The molecule has 4 nitrogen and oxygen atoms in total. The monoisotopic (exact) mass is 218 g/mol. The molecule has 5 heteroatoms. The molecule has 0 aromatic carbocycles. The molecule has 0 aromatic rings.